The summed E-state index contributed by atoms with van der Waals surface area (Å²) in [4.78, 5) is 0.125. The van der Waals surface area contributed by atoms with Gasteiger partial charge in [0.25, 0.3) is 0 Å². The first-order valence-electron chi connectivity index (χ1n) is 5.52. The largest absolute Gasteiger partial charge is 0.396 e. The molecular formula is C12H17NO3S. The predicted molar refractivity (Wildman–Crippen MR) is 64.9 cm³/mol. The molecule has 0 spiro atoms. The van der Waals surface area contributed by atoms with Gasteiger partial charge in [-0.1, -0.05) is 26.0 Å². The van der Waals surface area contributed by atoms with Gasteiger partial charge in [0.2, 0.25) is 10.0 Å². The van der Waals surface area contributed by atoms with Crippen molar-refractivity contribution in [2.45, 2.75) is 24.7 Å². The van der Waals surface area contributed by atoms with E-state index in [-0.39, 0.29) is 22.8 Å². The average molecular weight is 255 g/mol. The molecule has 1 fully saturated rings. The second-order valence-electron chi connectivity index (χ2n) is 5.20. The third-order valence-corrected chi connectivity index (χ3v) is 4.74. The molecule has 0 radical (unpaired) electrons. The van der Waals surface area contributed by atoms with Crippen molar-refractivity contribution in [3.63, 3.8) is 0 Å². The number of benzene rings is 1. The molecule has 0 aliphatic heterocycles. The first-order valence-corrected chi connectivity index (χ1v) is 7.06. The fourth-order valence-electron chi connectivity index (χ4n) is 2.61. The predicted octanol–water partition coefficient (Wildman–Crippen LogP) is 1.07. The summed E-state index contributed by atoms with van der Waals surface area (Å²) in [7, 11) is -3.62. The molecule has 2 rings (SSSR count). The summed E-state index contributed by atoms with van der Waals surface area (Å²) >= 11 is 0. The molecule has 1 unspecified atom stereocenters. The van der Waals surface area contributed by atoms with Crippen LogP contribution in [0.1, 0.15) is 25.3 Å². The number of nitrogens with two attached hydrogens (primary N) is 1. The molecule has 3 N–H and O–H groups in total. The first kappa shape index (κ1) is 12.5. The highest BCUT2D eigenvalue weighted by molar-refractivity contribution is 7.89. The molecule has 0 bridgehead atoms. The van der Waals surface area contributed by atoms with Crippen LogP contribution in [0.25, 0.3) is 0 Å². The van der Waals surface area contributed by atoms with Crippen molar-refractivity contribution in [2.75, 3.05) is 6.61 Å². The molecule has 4 nitrogen and oxygen atoms in total. The molecule has 1 aliphatic rings. The summed E-state index contributed by atoms with van der Waals surface area (Å²) in [5, 5.41) is 14.3. The number of sulfonamides is 1. The Morgan fingerprint density at radius 3 is 2.18 bits per heavy atom. The van der Waals surface area contributed by atoms with Crippen molar-refractivity contribution in [1.29, 1.82) is 0 Å². The smallest absolute Gasteiger partial charge is 0.238 e. The van der Waals surface area contributed by atoms with Crippen LogP contribution in [-0.2, 0) is 10.0 Å². The molecular weight excluding hydrogens is 238 g/mol. The zero-order valence-corrected chi connectivity index (χ0v) is 10.7. The van der Waals surface area contributed by atoms with Crippen LogP contribution in [-0.4, -0.2) is 20.1 Å². The standard InChI is InChI=1S/C12H17NO3S/c1-12(2)10(7-14)11(12)8-3-5-9(6-4-8)17(13,15)16/h3-6,10-11,14H,7H2,1-2H3,(H2,13,15,16)/t10?,11-/m1/s1. The fraction of sp³-hybridized carbons (Fsp3) is 0.500. The molecule has 5 heteroatoms. The Morgan fingerprint density at radius 2 is 1.82 bits per heavy atom. The lowest BCUT2D eigenvalue weighted by molar-refractivity contribution is 0.256. The van der Waals surface area contributed by atoms with Gasteiger partial charge >= 0.3 is 0 Å². The SMILES string of the molecule is CC1(C)C(CO)[C@H]1c1ccc(S(N)(=O)=O)cc1. The molecule has 2 atom stereocenters. The number of hydrogen-bond donors (Lipinski definition) is 2. The zero-order valence-electron chi connectivity index (χ0n) is 9.92. The second-order valence-corrected chi connectivity index (χ2v) is 6.76. The van der Waals surface area contributed by atoms with Crippen LogP contribution in [0.3, 0.4) is 0 Å². The van der Waals surface area contributed by atoms with Gasteiger partial charge in [0, 0.05) is 6.61 Å². The van der Waals surface area contributed by atoms with Gasteiger partial charge in [-0.2, -0.15) is 0 Å². The fourth-order valence-corrected chi connectivity index (χ4v) is 3.13. The van der Waals surface area contributed by atoms with Crippen molar-refractivity contribution in [3.8, 4) is 0 Å². The van der Waals surface area contributed by atoms with Crippen molar-refractivity contribution >= 4 is 10.0 Å². The van der Waals surface area contributed by atoms with Gasteiger partial charge in [-0.15, -0.1) is 0 Å². The maximum Gasteiger partial charge on any atom is 0.238 e. The van der Waals surface area contributed by atoms with Crippen LogP contribution in [0.5, 0.6) is 0 Å². The lowest BCUT2D eigenvalue weighted by Gasteiger charge is -2.04. The summed E-state index contributed by atoms with van der Waals surface area (Å²) in [6.45, 7) is 4.37. The molecule has 0 amide bonds. The average Bonchev–Trinajstić information content (AvgIpc) is 2.79. The number of hydrogen-bond acceptors (Lipinski definition) is 3. The summed E-state index contributed by atoms with van der Waals surface area (Å²) in [5.74, 6) is 0.546. The monoisotopic (exact) mass is 255 g/mol. The summed E-state index contributed by atoms with van der Waals surface area (Å²) in [6, 6.07) is 6.60. The highest BCUT2D eigenvalue weighted by atomic mass is 32.2. The van der Waals surface area contributed by atoms with Crippen LogP contribution in [0.15, 0.2) is 29.2 Å². The van der Waals surface area contributed by atoms with E-state index in [1.54, 1.807) is 12.1 Å². The van der Waals surface area contributed by atoms with Gasteiger partial charge in [0.1, 0.15) is 0 Å². The van der Waals surface area contributed by atoms with Crippen LogP contribution in [0.2, 0.25) is 0 Å². The molecule has 1 aromatic carbocycles. The van der Waals surface area contributed by atoms with E-state index >= 15 is 0 Å². The number of primary sulfonamides is 1. The van der Waals surface area contributed by atoms with Crippen molar-refractivity contribution < 1.29 is 13.5 Å². The Hall–Kier alpha value is -0.910. The highest BCUT2D eigenvalue weighted by Gasteiger charge is 2.57. The lowest BCUT2D eigenvalue weighted by Crippen LogP contribution is -2.11. The van der Waals surface area contributed by atoms with E-state index in [1.807, 2.05) is 0 Å². The third-order valence-electron chi connectivity index (χ3n) is 3.81. The molecule has 94 valence electrons. The van der Waals surface area contributed by atoms with Crippen molar-refractivity contribution in [2.24, 2.45) is 16.5 Å². The topological polar surface area (TPSA) is 80.4 Å². The quantitative estimate of drug-likeness (QED) is 0.847. The number of aliphatic hydroxyl groups excluding tert-OH is 1. The Labute approximate surface area is 102 Å². The maximum atomic E-state index is 11.1. The first-order chi connectivity index (χ1) is 7.78. The van der Waals surface area contributed by atoms with Gasteiger partial charge < -0.3 is 5.11 Å². The molecule has 17 heavy (non-hydrogen) atoms. The van der Waals surface area contributed by atoms with Crippen molar-refractivity contribution in [3.05, 3.63) is 29.8 Å². The number of aliphatic hydroxyl groups is 1. The van der Waals surface area contributed by atoms with Gasteiger partial charge in [-0.05, 0) is 34.9 Å². The van der Waals surface area contributed by atoms with Crippen LogP contribution in [0, 0.1) is 11.3 Å². The number of rotatable bonds is 3. The van der Waals surface area contributed by atoms with E-state index in [4.69, 9.17) is 5.14 Å². The minimum Gasteiger partial charge on any atom is -0.396 e. The summed E-state index contributed by atoms with van der Waals surface area (Å²) in [5.41, 5.74) is 1.14. The zero-order chi connectivity index (χ0) is 12.8. The summed E-state index contributed by atoms with van der Waals surface area (Å²) < 4.78 is 22.2. The summed E-state index contributed by atoms with van der Waals surface area (Å²) in [6.07, 6.45) is 0. The Bertz CT molecular complexity index is 519. The Balaban J connectivity index is 2.27. The van der Waals surface area contributed by atoms with E-state index in [9.17, 15) is 13.5 Å². The molecule has 1 aromatic rings. The van der Waals surface area contributed by atoms with E-state index in [0.29, 0.717) is 5.92 Å². The normalized spacial score (nSPS) is 26.8. The van der Waals surface area contributed by atoms with Crippen LogP contribution >= 0.6 is 0 Å². The van der Waals surface area contributed by atoms with E-state index < -0.39 is 10.0 Å². The highest BCUT2D eigenvalue weighted by Crippen LogP contribution is 2.63. The van der Waals surface area contributed by atoms with E-state index in [0.717, 1.165) is 5.56 Å². The van der Waals surface area contributed by atoms with Crippen LogP contribution in [0.4, 0.5) is 0 Å². The minimum atomic E-state index is -3.62. The maximum absolute atomic E-state index is 11.1. The van der Waals surface area contributed by atoms with Gasteiger partial charge in [-0.25, -0.2) is 13.6 Å². The van der Waals surface area contributed by atoms with E-state index in [1.165, 1.54) is 12.1 Å². The van der Waals surface area contributed by atoms with Gasteiger partial charge in [0.05, 0.1) is 4.90 Å². The van der Waals surface area contributed by atoms with E-state index in [2.05, 4.69) is 13.8 Å². The van der Waals surface area contributed by atoms with Gasteiger partial charge in [-0.3, -0.25) is 0 Å². The van der Waals surface area contributed by atoms with Crippen LogP contribution < -0.4 is 5.14 Å². The molecule has 0 aromatic heterocycles. The van der Waals surface area contributed by atoms with Crippen molar-refractivity contribution in [1.82, 2.24) is 0 Å². The lowest BCUT2D eigenvalue weighted by atomic mass is 10.0. The third kappa shape index (κ3) is 2.10. The van der Waals surface area contributed by atoms with Gasteiger partial charge in [0.15, 0.2) is 0 Å². The Kier molecular flexibility index (Phi) is 2.80. The minimum absolute atomic E-state index is 0.0812. The molecule has 0 heterocycles. The molecule has 1 saturated carbocycles. The molecule has 1 aliphatic carbocycles. The molecule has 0 saturated heterocycles. The second kappa shape index (κ2) is 3.80. The Morgan fingerprint density at radius 1 is 1.29 bits per heavy atom.